The van der Waals surface area contributed by atoms with E-state index in [1.165, 1.54) is 31.2 Å². The van der Waals surface area contributed by atoms with Crippen LogP contribution in [0, 0.1) is 5.92 Å². The van der Waals surface area contributed by atoms with Crippen LogP contribution in [0.25, 0.3) is 11.2 Å². The summed E-state index contributed by atoms with van der Waals surface area (Å²) in [6.45, 7) is 1.48. The average Bonchev–Trinajstić information content (AvgIpc) is 3.30. The first-order valence-electron chi connectivity index (χ1n) is 8.92. The monoisotopic (exact) mass is 334 g/mol. The fraction of sp³-hybridized carbons (Fsp3) is 0.350. The minimum absolute atomic E-state index is 0.0566. The highest BCUT2D eigenvalue weighted by Crippen LogP contribution is 2.23. The van der Waals surface area contributed by atoms with Gasteiger partial charge in [-0.3, -0.25) is 4.79 Å². The van der Waals surface area contributed by atoms with Gasteiger partial charge in [0.1, 0.15) is 5.52 Å². The molecule has 0 bridgehead atoms. The third-order valence-electron chi connectivity index (χ3n) is 4.94. The van der Waals surface area contributed by atoms with Gasteiger partial charge in [-0.1, -0.05) is 43.2 Å². The predicted molar refractivity (Wildman–Crippen MR) is 97.4 cm³/mol. The molecule has 1 saturated carbocycles. The third-order valence-corrected chi connectivity index (χ3v) is 4.94. The number of pyridine rings is 1. The molecule has 0 unspecified atom stereocenters. The molecule has 5 heteroatoms. The van der Waals surface area contributed by atoms with E-state index in [2.05, 4.69) is 27.4 Å². The summed E-state index contributed by atoms with van der Waals surface area (Å²) in [5.74, 6) is 0.574. The molecule has 1 aliphatic carbocycles. The van der Waals surface area contributed by atoms with Gasteiger partial charge >= 0.3 is 0 Å². The van der Waals surface area contributed by atoms with Gasteiger partial charge in [0.25, 0.3) is 5.91 Å². The van der Waals surface area contributed by atoms with Crippen molar-refractivity contribution in [3.63, 3.8) is 0 Å². The summed E-state index contributed by atoms with van der Waals surface area (Å²) < 4.78 is 2.00. The van der Waals surface area contributed by atoms with Gasteiger partial charge in [0.05, 0.1) is 18.4 Å². The highest BCUT2D eigenvalue weighted by atomic mass is 16.1. The molecule has 1 fully saturated rings. The fourth-order valence-electron chi connectivity index (χ4n) is 3.52. The van der Waals surface area contributed by atoms with Crippen LogP contribution in [0.3, 0.4) is 0 Å². The Kier molecular flexibility index (Phi) is 4.46. The third kappa shape index (κ3) is 3.55. The average molecular weight is 334 g/mol. The maximum atomic E-state index is 12.4. The topological polar surface area (TPSA) is 59.8 Å². The smallest absolute Gasteiger partial charge is 0.252 e. The summed E-state index contributed by atoms with van der Waals surface area (Å²) in [4.78, 5) is 21.3. The van der Waals surface area contributed by atoms with Crippen LogP contribution < -0.4 is 5.32 Å². The molecule has 0 radical (unpaired) electrons. The number of rotatable bonds is 5. The number of hydrogen-bond acceptors (Lipinski definition) is 3. The lowest BCUT2D eigenvalue weighted by Crippen LogP contribution is -2.28. The second kappa shape index (κ2) is 7.05. The van der Waals surface area contributed by atoms with Gasteiger partial charge in [-0.2, -0.15) is 0 Å². The van der Waals surface area contributed by atoms with E-state index in [0.29, 0.717) is 11.5 Å². The van der Waals surface area contributed by atoms with Crippen molar-refractivity contribution in [3.05, 3.63) is 60.0 Å². The van der Waals surface area contributed by atoms with Crippen LogP contribution in [0.4, 0.5) is 0 Å². The molecule has 2 aromatic heterocycles. The van der Waals surface area contributed by atoms with E-state index < -0.39 is 0 Å². The Morgan fingerprint density at radius 3 is 2.76 bits per heavy atom. The van der Waals surface area contributed by atoms with Crippen molar-refractivity contribution in [1.82, 2.24) is 19.9 Å². The number of amides is 1. The zero-order valence-corrected chi connectivity index (χ0v) is 14.2. The molecule has 0 spiro atoms. The maximum Gasteiger partial charge on any atom is 0.252 e. The molecular formula is C20H22N4O. The Labute approximate surface area is 147 Å². The molecule has 1 N–H and O–H groups in total. The first-order chi connectivity index (χ1) is 12.3. The van der Waals surface area contributed by atoms with Gasteiger partial charge in [0, 0.05) is 12.7 Å². The van der Waals surface area contributed by atoms with Gasteiger partial charge < -0.3 is 9.88 Å². The van der Waals surface area contributed by atoms with E-state index in [1.54, 1.807) is 12.5 Å². The molecular weight excluding hydrogens is 312 g/mol. The zero-order valence-electron chi connectivity index (χ0n) is 14.2. The number of aromatic nitrogens is 3. The van der Waals surface area contributed by atoms with Crippen LogP contribution in [0.5, 0.6) is 0 Å². The van der Waals surface area contributed by atoms with Crippen molar-refractivity contribution in [2.75, 3.05) is 6.54 Å². The van der Waals surface area contributed by atoms with Crippen LogP contribution in [-0.2, 0) is 6.54 Å². The molecule has 0 saturated heterocycles. The summed E-state index contributed by atoms with van der Waals surface area (Å²) in [7, 11) is 0. The standard InChI is InChI=1S/C20H22N4O/c25-20(22-11-15-6-4-5-7-15)17-10-18-19(21-12-17)24(14-23-18)13-16-8-2-1-3-9-16/h1-3,8-10,12,14-15H,4-7,11,13H2,(H,22,25). The largest absolute Gasteiger partial charge is 0.352 e. The lowest BCUT2D eigenvalue weighted by molar-refractivity contribution is 0.0947. The number of hydrogen-bond donors (Lipinski definition) is 1. The zero-order chi connectivity index (χ0) is 17.1. The van der Waals surface area contributed by atoms with Gasteiger partial charge in [-0.25, -0.2) is 9.97 Å². The molecule has 4 rings (SSSR count). The van der Waals surface area contributed by atoms with Crippen molar-refractivity contribution in [2.45, 2.75) is 32.2 Å². The minimum atomic E-state index is -0.0566. The van der Waals surface area contributed by atoms with Gasteiger partial charge in [0.2, 0.25) is 0 Å². The summed E-state index contributed by atoms with van der Waals surface area (Å²) in [5.41, 5.74) is 3.33. The lowest BCUT2D eigenvalue weighted by Gasteiger charge is -2.10. The molecule has 2 heterocycles. The van der Waals surface area contributed by atoms with Crippen molar-refractivity contribution < 1.29 is 4.79 Å². The van der Waals surface area contributed by atoms with Crippen molar-refractivity contribution in [3.8, 4) is 0 Å². The van der Waals surface area contributed by atoms with E-state index in [4.69, 9.17) is 0 Å². The Morgan fingerprint density at radius 2 is 1.96 bits per heavy atom. The highest BCUT2D eigenvalue weighted by Gasteiger charge is 2.17. The van der Waals surface area contributed by atoms with E-state index in [9.17, 15) is 4.79 Å². The number of benzene rings is 1. The number of carbonyl (C=O) groups is 1. The van der Waals surface area contributed by atoms with Crippen molar-refractivity contribution in [1.29, 1.82) is 0 Å². The Hall–Kier alpha value is -2.69. The predicted octanol–water partition coefficient (Wildman–Crippen LogP) is 3.40. The van der Waals surface area contributed by atoms with E-state index in [0.717, 1.165) is 24.3 Å². The van der Waals surface area contributed by atoms with Crippen LogP contribution >= 0.6 is 0 Å². The minimum Gasteiger partial charge on any atom is -0.352 e. The van der Waals surface area contributed by atoms with Crippen molar-refractivity contribution in [2.24, 2.45) is 5.92 Å². The Bertz CT molecular complexity index is 866. The van der Waals surface area contributed by atoms with Crippen LogP contribution in [-0.4, -0.2) is 27.0 Å². The van der Waals surface area contributed by atoms with Gasteiger partial charge in [-0.15, -0.1) is 0 Å². The van der Waals surface area contributed by atoms with Crippen LogP contribution in [0.15, 0.2) is 48.9 Å². The fourth-order valence-corrected chi connectivity index (χ4v) is 3.52. The number of fused-ring (bicyclic) bond motifs is 1. The number of carbonyl (C=O) groups excluding carboxylic acids is 1. The van der Waals surface area contributed by atoms with Crippen LogP contribution in [0.1, 0.15) is 41.6 Å². The van der Waals surface area contributed by atoms with E-state index >= 15 is 0 Å². The molecule has 0 atom stereocenters. The second-order valence-electron chi connectivity index (χ2n) is 6.79. The molecule has 128 valence electrons. The molecule has 25 heavy (non-hydrogen) atoms. The first-order valence-corrected chi connectivity index (χ1v) is 8.92. The molecule has 1 aromatic carbocycles. The van der Waals surface area contributed by atoms with Crippen LogP contribution in [0.2, 0.25) is 0 Å². The number of nitrogens with one attached hydrogen (secondary N) is 1. The Balaban J connectivity index is 1.48. The first kappa shape index (κ1) is 15.8. The molecule has 0 aliphatic heterocycles. The molecule has 3 aromatic rings. The summed E-state index contributed by atoms with van der Waals surface area (Å²) >= 11 is 0. The maximum absolute atomic E-state index is 12.4. The summed E-state index contributed by atoms with van der Waals surface area (Å²) in [5, 5.41) is 3.04. The lowest BCUT2D eigenvalue weighted by atomic mass is 10.1. The van der Waals surface area contributed by atoms with E-state index in [1.807, 2.05) is 28.8 Å². The number of imidazole rings is 1. The SMILES string of the molecule is O=C(NCC1CCCC1)c1cnc2c(c1)ncn2Cc1ccccc1. The van der Waals surface area contributed by atoms with Gasteiger partial charge in [0.15, 0.2) is 5.65 Å². The second-order valence-corrected chi connectivity index (χ2v) is 6.79. The Morgan fingerprint density at radius 1 is 1.16 bits per heavy atom. The number of nitrogens with zero attached hydrogens (tertiary/aromatic N) is 3. The normalized spacial score (nSPS) is 14.9. The van der Waals surface area contributed by atoms with E-state index in [-0.39, 0.29) is 5.91 Å². The molecule has 5 nitrogen and oxygen atoms in total. The molecule has 1 aliphatic rings. The summed E-state index contributed by atoms with van der Waals surface area (Å²) in [6, 6.07) is 12.0. The molecule has 1 amide bonds. The van der Waals surface area contributed by atoms with Crippen molar-refractivity contribution >= 4 is 17.1 Å². The van der Waals surface area contributed by atoms with Gasteiger partial charge in [-0.05, 0) is 30.4 Å². The highest BCUT2D eigenvalue weighted by molar-refractivity contribution is 5.96. The quantitative estimate of drug-likeness (QED) is 0.778. The summed E-state index contributed by atoms with van der Waals surface area (Å²) in [6.07, 6.45) is 8.45.